The quantitative estimate of drug-likeness (QED) is 0.734. The van der Waals surface area contributed by atoms with Gasteiger partial charge in [0.05, 0.1) is 6.61 Å². The molecule has 3 N–H and O–H groups in total. The fraction of sp³-hybridized carbons (Fsp3) is 1.00. The predicted molar refractivity (Wildman–Crippen MR) is 69.9 cm³/mol. The van der Waals surface area contributed by atoms with E-state index in [4.69, 9.17) is 10.8 Å². The summed E-state index contributed by atoms with van der Waals surface area (Å²) in [6.07, 6.45) is 5.22. The molecule has 2 aliphatic rings. The first-order valence-electron chi connectivity index (χ1n) is 7.11. The second-order valence-electron chi connectivity index (χ2n) is 5.57. The second-order valence-corrected chi connectivity index (χ2v) is 5.57. The Bertz CT molecular complexity index is 217. The normalized spacial score (nSPS) is 32.8. The summed E-state index contributed by atoms with van der Waals surface area (Å²) >= 11 is 0. The van der Waals surface area contributed by atoms with Crippen molar-refractivity contribution in [2.24, 2.45) is 11.7 Å². The summed E-state index contributed by atoms with van der Waals surface area (Å²) in [4.78, 5) is 4.90. The van der Waals surface area contributed by atoms with Gasteiger partial charge >= 0.3 is 0 Å². The zero-order chi connectivity index (χ0) is 12.1. The van der Waals surface area contributed by atoms with Crippen LogP contribution in [0.25, 0.3) is 0 Å². The van der Waals surface area contributed by atoms with Crippen molar-refractivity contribution in [1.82, 2.24) is 9.80 Å². The van der Waals surface area contributed by atoms with Gasteiger partial charge in [-0.1, -0.05) is 12.8 Å². The van der Waals surface area contributed by atoms with Gasteiger partial charge in [0.2, 0.25) is 0 Å². The molecule has 4 heteroatoms. The van der Waals surface area contributed by atoms with E-state index in [0.29, 0.717) is 12.0 Å². The Morgan fingerprint density at radius 1 is 1.00 bits per heavy atom. The molecule has 1 saturated heterocycles. The standard InChI is InChI=1S/C13H27N3O/c14-13-4-2-1-3-12(13)11-16-7-5-15(6-8-16)9-10-17/h12-13,17H,1-11,14H2. The molecule has 100 valence electrons. The third-order valence-corrected chi connectivity index (χ3v) is 4.34. The molecule has 4 nitrogen and oxygen atoms in total. The first kappa shape index (κ1) is 13.3. The average molecular weight is 241 g/mol. The molecular weight excluding hydrogens is 214 g/mol. The number of rotatable bonds is 4. The van der Waals surface area contributed by atoms with Crippen LogP contribution < -0.4 is 5.73 Å². The van der Waals surface area contributed by atoms with Gasteiger partial charge in [0.25, 0.3) is 0 Å². The minimum absolute atomic E-state index is 0.285. The summed E-state index contributed by atoms with van der Waals surface area (Å²) in [6, 6.07) is 0.430. The van der Waals surface area contributed by atoms with Gasteiger partial charge < -0.3 is 15.7 Å². The molecule has 17 heavy (non-hydrogen) atoms. The Kier molecular flexibility index (Phi) is 5.22. The van der Waals surface area contributed by atoms with Crippen LogP contribution in [0.2, 0.25) is 0 Å². The van der Waals surface area contributed by atoms with Crippen LogP contribution in [0, 0.1) is 5.92 Å². The van der Waals surface area contributed by atoms with Gasteiger partial charge in [-0.25, -0.2) is 0 Å². The molecule has 0 bridgehead atoms. The van der Waals surface area contributed by atoms with Crippen LogP contribution >= 0.6 is 0 Å². The third-order valence-electron chi connectivity index (χ3n) is 4.34. The summed E-state index contributed by atoms with van der Waals surface area (Å²) in [7, 11) is 0. The van der Waals surface area contributed by atoms with Crippen molar-refractivity contribution in [1.29, 1.82) is 0 Å². The monoisotopic (exact) mass is 241 g/mol. The lowest BCUT2D eigenvalue weighted by Gasteiger charge is -2.38. The molecule has 0 aromatic rings. The molecule has 1 heterocycles. The van der Waals surface area contributed by atoms with E-state index in [1.807, 2.05) is 0 Å². The van der Waals surface area contributed by atoms with Crippen LogP contribution in [-0.4, -0.2) is 66.8 Å². The Balaban J connectivity index is 1.70. The molecule has 2 unspecified atom stereocenters. The predicted octanol–water partition coefficient (Wildman–Crippen LogP) is 0.114. The number of nitrogens with zero attached hydrogens (tertiary/aromatic N) is 2. The molecule has 1 aliphatic heterocycles. The second kappa shape index (κ2) is 6.69. The van der Waals surface area contributed by atoms with E-state index in [1.54, 1.807) is 0 Å². The third kappa shape index (κ3) is 3.91. The molecule has 1 aliphatic carbocycles. The Morgan fingerprint density at radius 2 is 1.65 bits per heavy atom. The number of β-amino-alcohol motifs (C(OH)–C–C–N with tert-alkyl or cyclic N) is 1. The zero-order valence-electron chi connectivity index (χ0n) is 10.9. The summed E-state index contributed by atoms with van der Waals surface area (Å²) in [5.74, 6) is 0.716. The molecule has 1 saturated carbocycles. The van der Waals surface area contributed by atoms with Crippen LogP contribution in [0.1, 0.15) is 25.7 Å². The van der Waals surface area contributed by atoms with Crippen LogP contribution in [0.4, 0.5) is 0 Å². The lowest BCUT2D eigenvalue weighted by atomic mass is 9.84. The highest BCUT2D eigenvalue weighted by molar-refractivity contribution is 4.82. The smallest absolute Gasteiger partial charge is 0.0558 e. The molecule has 0 spiro atoms. The van der Waals surface area contributed by atoms with Crippen molar-refractivity contribution in [3.63, 3.8) is 0 Å². The van der Waals surface area contributed by atoms with Crippen LogP contribution in [0.5, 0.6) is 0 Å². The van der Waals surface area contributed by atoms with E-state index in [2.05, 4.69) is 9.80 Å². The average Bonchev–Trinajstić information content (AvgIpc) is 2.35. The highest BCUT2D eigenvalue weighted by Crippen LogP contribution is 2.24. The van der Waals surface area contributed by atoms with Crippen molar-refractivity contribution in [2.75, 3.05) is 45.9 Å². The molecule has 2 rings (SSSR count). The van der Waals surface area contributed by atoms with E-state index in [-0.39, 0.29) is 6.61 Å². The van der Waals surface area contributed by atoms with E-state index in [9.17, 15) is 0 Å². The molecule has 0 aromatic heterocycles. The highest BCUT2D eigenvalue weighted by atomic mass is 16.3. The van der Waals surface area contributed by atoms with E-state index in [0.717, 1.165) is 32.7 Å². The van der Waals surface area contributed by atoms with E-state index < -0.39 is 0 Å². The largest absolute Gasteiger partial charge is 0.395 e. The van der Waals surface area contributed by atoms with Gasteiger partial charge in [-0.2, -0.15) is 0 Å². The van der Waals surface area contributed by atoms with Crippen LogP contribution in [0.15, 0.2) is 0 Å². The van der Waals surface area contributed by atoms with Crippen molar-refractivity contribution >= 4 is 0 Å². The van der Waals surface area contributed by atoms with E-state index >= 15 is 0 Å². The molecule has 2 atom stereocenters. The summed E-state index contributed by atoms with van der Waals surface area (Å²) in [5, 5.41) is 8.91. The summed E-state index contributed by atoms with van der Waals surface area (Å²) < 4.78 is 0. The molecular formula is C13H27N3O. The highest BCUT2D eigenvalue weighted by Gasteiger charge is 2.25. The van der Waals surface area contributed by atoms with Gasteiger partial charge in [-0.3, -0.25) is 4.90 Å². The molecule has 0 aromatic carbocycles. The molecule has 2 fully saturated rings. The number of aliphatic hydroxyl groups is 1. The first-order chi connectivity index (χ1) is 8.29. The Labute approximate surface area is 105 Å². The Morgan fingerprint density at radius 3 is 2.29 bits per heavy atom. The minimum atomic E-state index is 0.285. The van der Waals surface area contributed by atoms with Crippen molar-refractivity contribution < 1.29 is 5.11 Å². The van der Waals surface area contributed by atoms with Crippen LogP contribution in [-0.2, 0) is 0 Å². The van der Waals surface area contributed by atoms with Gasteiger partial charge in [-0.15, -0.1) is 0 Å². The maximum atomic E-state index is 8.91. The minimum Gasteiger partial charge on any atom is -0.395 e. The lowest BCUT2D eigenvalue weighted by molar-refractivity contribution is 0.0918. The van der Waals surface area contributed by atoms with Crippen molar-refractivity contribution in [2.45, 2.75) is 31.7 Å². The summed E-state index contributed by atoms with van der Waals surface area (Å²) in [6.45, 7) is 6.79. The maximum absolute atomic E-state index is 8.91. The van der Waals surface area contributed by atoms with Gasteiger partial charge in [0, 0.05) is 45.3 Å². The fourth-order valence-corrected chi connectivity index (χ4v) is 3.13. The van der Waals surface area contributed by atoms with Crippen LogP contribution in [0.3, 0.4) is 0 Å². The number of hydrogen-bond acceptors (Lipinski definition) is 4. The van der Waals surface area contributed by atoms with Gasteiger partial charge in [0.1, 0.15) is 0 Å². The van der Waals surface area contributed by atoms with Crippen molar-refractivity contribution in [3.05, 3.63) is 0 Å². The maximum Gasteiger partial charge on any atom is 0.0558 e. The molecule has 0 radical (unpaired) electrons. The zero-order valence-corrected chi connectivity index (χ0v) is 10.9. The SMILES string of the molecule is NC1CCCCC1CN1CCN(CCO)CC1. The lowest BCUT2D eigenvalue weighted by Crippen LogP contribution is -2.50. The number of piperazine rings is 1. The number of hydrogen-bond donors (Lipinski definition) is 2. The Hall–Kier alpha value is -0.160. The number of nitrogens with two attached hydrogens (primary N) is 1. The molecule has 0 amide bonds. The summed E-state index contributed by atoms with van der Waals surface area (Å²) in [5.41, 5.74) is 6.20. The van der Waals surface area contributed by atoms with Crippen molar-refractivity contribution in [3.8, 4) is 0 Å². The number of aliphatic hydroxyl groups excluding tert-OH is 1. The fourth-order valence-electron chi connectivity index (χ4n) is 3.13. The first-order valence-corrected chi connectivity index (χ1v) is 7.11. The van der Waals surface area contributed by atoms with Gasteiger partial charge in [-0.05, 0) is 18.8 Å². The van der Waals surface area contributed by atoms with Gasteiger partial charge in [0.15, 0.2) is 0 Å². The topological polar surface area (TPSA) is 52.7 Å². The van der Waals surface area contributed by atoms with E-state index in [1.165, 1.54) is 32.2 Å².